The van der Waals surface area contributed by atoms with Crippen LogP contribution in [-0.2, 0) is 30.3 Å². The minimum absolute atomic E-state index is 0.0223. The van der Waals surface area contributed by atoms with Gasteiger partial charge in [-0.05, 0) is 51.4 Å². The maximum atomic E-state index is 13.2. The van der Waals surface area contributed by atoms with E-state index < -0.39 is 19.1 Å². The summed E-state index contributed by atoms with van der Waals surface area (Å²) in [5.74, 6) is 0.987. The zero-order valence-electron chi connectivity index (χ0n) is 25.9. The molecule has 5 aromatic carbocycles. The zero-order chi connectivity index (χ0) is 33.9. The van der Waals surface area contributed by atoms with Crippen LogP contribution in [0, 0.1) is 6.92 Å². The molecule has 1 amide bonds. The molecule has 0 spiro atoms. The number of amides is 1. The maximum absolute atomic E-state index is 13.2. The lowest BCUT2D eigenvalue weighted by molar-refractivity contribution is -0.131. The number of carbonyl (C=O) groups excluding carboxylic acids is 1. The number of sulfonamides is 1. The molecule has 1 aromatic heterocycles. The van der Waals surface area contributed by atoms with Gasteiger partial charge in [0, 0.05) is 49.3 Å². The summed E-state index contributed by atoms with van der Waals surface area (Å²) in [5.41, 5.74) is 1.70. The minimum atomic E-state index is -3.62. The molecule has 1 aliphatic rings. The first-order chi connectivity index (χ1) is 23.0. The Hall–Kier alpha value is -4.62. The number of hydrogen-bond acceptors (Lipinski definition) is 8. The molecule has 0 atom stereocenters. The van der Waals surface area contributed by atoms with Crippen LogP contribution in [0.25, 0.3) is 32.9 Å². The Bertz CT molecular complexity index is 2320. The summed E-state index contributed by atoms with van der Waals surface area (Å²) >= 11 is 0. The van der Waals surface area contributed by atoms with Crippen molar-refractivity contribution in [2.75, 3.05) is 26.2 Å². The molecular weight excluding hydrogens is 672 g/mol. The van der Waals surface area contributed by atoms with Crippen molar-refractivity contribution in [3.8, 4) is 11.4 Å². The van der Waals surface area contributed by atoms with E-state index in [1.807, 2.05) is 78.9 Å². The Labute approximate surface area is 283 Å². The van der Waals surface area contributed by atoms with Gasteiger partial charge in [-0.2, -0.15) is 9.29 Å². The van der Waals surface area contributed by atoms with E-state index >= 15 is 0 Å². The summed E-state index contributed by atoms with van der Waals surface area (Å²) in [6, 6.07) is 32.7. The second-order valence-corrected chi connectivity index (χ2v) is 15.8. The van der Waals surface area contributed by atoms with Crippen molar-refractivity contribution in [1.29, 1.82) is 0 Å². The SMILES string of the molecule is Cc1nc(-c2ccc(CC(=O)N3CCN(S(=O)(=O)c4ccc5ccccc5c4)CC3)cc2)no1.O=S(=O)(Cl)c1ccc2ccccc2c1. The van der Waals surface area contributed by atoms with Crippen molar-refractivity contribution >= 4 is 57.2 Å². The standard InChI is InChI=1S/C25H24N4O4S.C10H7ClO2S/c1-18-26-25(27-33-18)21-8-6-19(7-9-21)16-24(30)28-12-14-29(15-13-28)34(31,32)23-11-10-20-4-2-3-5-22(20)17-23;11-14(12,13)10-6-5-8-3-1-2-4-9(8)7-10/h2-11,17H,12-16H2,1H3;1-7H. The molecule has 0 unspecified atom stereocenters. The van der Waals surface area contributed by atoms with Crippen molar-refractivity contribution in [2.24, 2.45) is 0 Å². The Balaban J connectivity index is 0.000000239. The summed E-state index contributed by atoms with van der Waals surface area (Å²) in [6.07, 6.45) is 0.253. The Morgan fingerprint density at radius 3 is 1.81 bits per heavy atom. The molecule has 13 heteroatoms. The Morgan fingerprint density at radius 2 is 1.27 bits per heavy atom. The molecule has 1 fully saturated rings. The quantitative estimate of drug-likeness (QED) is 0.192. The van der Waals surface area contributed by atoms with Crippen LogP contribution < -0.4 is 0 Å². The Morgan fingerprint density at radius 1 is 0.729 bits per heavy atom. The van der Waals surface area contributed by atoms with E-state index in [-0.39, 0.29) is 35.2 Å². The third-order valence-electron chi connectivity index (χ3n) is 8.05. The van der Waals surface area contributed by atoms with Gasteiger partial charge >= 0.3 is 0 Å². The molecule has 1 aliphatic heterocycles. The van der Waals surface area contributed by atoms with Crippen molar-refractivity contribution in [3.63, 3.8) is 0 Å². The van der Waals surface area contributed by atoms with Crippen LogP contribution in [-0.4, -0.2) is 68.3 Å². The fourth-order valence-corrected chi connectivity index (χ4v) is 7.69. The van der Waals surface area contributed by atoms with E-state index in [1.54, 1.807) is 36.1 Å². The van der Waals surface area contributed by atoms with Gasteiger partial charge in [-0.15, -0.1) is 0 Å². The number of aryl methyl sites for hydroxylation is 1. The number of nitrogens with zero attached hydrogens (tertiary/aromatic N) is 4. The van der Waals surface area contributed by atoms with Crippen molar-refractivity contribution in [2.45, 2.75) is 23.1 Å². The summed E-state index contributed by atoms with van der Waals surface area (Å²) in [4.78, 5) is 19.2. The smallest absolute Gasteiger partial charge is 0.261 e. The summed E-state index contributed by atoms with van der Waals surface area (Å²) in [6.45, 7) is 3.02. The molecule has 2 heterocycles. The number of carbonyl (C=O) groups is 1. The number of piperazine rings is 1. The predicted octanol–water partition coefficient (Wildman–Crippen LogP) is 6.04. The van der Waals surface area contributed by atoms with Gasteiger partial charge in [0.05, 0.1) is 16.2 Å². The molecule has 0 N–H and O–H groups in total. The van der Waals surface area contributed by atoms with Crippen LogP contribution in [0.2, 0.25) is 0 Å². The molecule has 6 aromatic rings. The molecule has 246 valence electrons. The first-order valence-electron chi connectivity index (χ1n) is 15.1. The number of rotatable bonds is 6. The van der Waals surface area contributed by atoms with E-state index in [0.29, 0.717) is 24.8 Å². The monoisotopic (exact) mass is 702 g/mol. The van der Waals surface area contributed by atoms with Crippen molar-refractivity contribution in [3.05, 3.63) is 121 Å². The average Bonchev–Trinajstić information content (AvgIpc) is 3.54. The number of halogens is 1. The fraction of sp³-hybridized carbons (Fsp3) is 0.171. The predicted molar refractivity (Wildman–Crippen MR) is 184 cm³/mol. The maximum Gasteiger partial charge on any atom is 0.261 e. The molecule has 0 radical (unpaired) electrons. The van der Waals surface area contributed by atoms with Crippen LogP contribution in [0.4, 0.5) is 0 Å². The molecule has 7 rings (SSSR count). The molecule has 48 heavy (non-hydrogen) atoms. The number of fused-ring (bicyclic) bond motifs is 2. The van der Waals surface area contributed by atoms with Gasteiger partial charge in [-0.1, -0.05) is 90.1 Å². The van der Waals surface area contributed by atoms with Crippen molar-refractivity contribution in [1.82, 2.24) is 19.3 Å². The van der Waals surface area contributed by atoms with Gasteiger partial charge in [-0.25, -0.2) is 16.8 Å². The second kappa shape index (κ2) is 13.9. The van der Waals surface area contributed by atoms with E-state index in [2.05, 4.69) is 10.1 Å². The van der Waals surface area contributed by atoms with E-state index in [4.69, 9.17) is 15.2 Å². The van der Waals surface area contributed by atoms with Gasteiger partial charge < -0.3 is 9.42 Å². The normalized spacial score (nSPS) is 14.1. The number of hydrogen-bond donors (Lipinski definition) is 0. The third-order valence-corrected chi connectivity index (χ3v) is 11.3. The third kappa shape index (κ3) is 7.57. The largest absolute Gasteiger partial charge is 0.340 e. The van der Waals surface area contributed by atoms with Crippen LogP contribution in [0.1, 0.15) is 11.5 Å². The van der Waals surface area contributed by atoms with Crippen LogP contribution in [0.3, 0.4) is 0 Å². The van der Waals surface area contributed by atoms with Gasteiger partial charge in [0.1, 0.15) is 0 Å². The van der Waals surface area contributed by atoms with Gasteiger partial charge in [-0.3, -0.25) is 4.79 Å². The summed E-state index contributed by atoms with van der Waals surface area (Å²) < 4.78 is 54.9. The highest BCUT2D eigenvalue weighted by Crippen LogP contribution is 2.24. The molecule has 0 saturated carbocycles. The van der Waals surface area contributed by atoms with Gasteiger partial charge in [0.25, 0.3) is 9.05 Å². The molecular formula is C35H31ClN4O6S2. The summed E-state index contributed by atoms with van der Waals surface area (Å²) in [5, 5.41) is 7.65. The second-order valence-electron chi connectivity index (χ2n) is 11.3. The topological polar surface area (TPSA) is 131 Å². The number of benzene rings is 5. The van der Waals surface area contributed by atoms with Crippen LogP contribution >= 0.6 is 10.7 Å². The highest BCUT2D eigenvalue weighted by atomic mass is 35.7. The Kier molecular flexibility index (Phi) is 9.61. The highest BCUT2D eigenvalue weighted by molar-refractivity contribution is 8.13. The summed E-state index contributed by atoms with van der Waals surface area (Å²) in [7, 11) is -2.01. The fourth-order valence-electron chi connectivity index (χ4n) is 5.45. The van der Waals surface area contributed by atoms with Gasteiger partial charge in [0.15, 0.2) is 0 Å². The molecule has 0 bridgehead atoms. The van der Waals surface area contributed by atoms with Crippen LogP contribution in [0.15, 0.2) is 124 Å². The van der Waals surface area contributed by atoms with E-state index in [9.17, 15) is 21.6 Å². The molecule has 1 saturated heterocycles. The average molecular weight is 703 g/mol. The molecule has 10 nitrogen and oxygen atoms in total. The molecule has 0 aliphatic carbocycles. The highest BCUT2D eigenvalue weighted by Gasteiger charge is 2.30. The lowest BCUT2D eigenvalue weighted by Gasteiger charge is -2.34. The first kappa shape index (κ1) is 33.3. The number of aromatic nitrogens is 2. The van der Waals surface area contributed by atoms with Crippen molar-refractivity contribution < 1.29 is 26.2 Å². The van der Waals surface area contributed by atoms with Gasteiger partial charge in [0.2, 0.25) is 27.6 Å². The van der Waals surface area contributed by atoms with E-state index in [0.717, 1.165) is 32.7 Å². The lowest BCUT2D eigenvalue weighted by Crippen LogP contribution is -2.50. The van der Waals surface area contributed by atoms with E-state index in [1.165, 1.54) is 10.4 Å². The van der Waals surface area contributed by atoms with Crippen LogP contribution in [0.5, 0.6) is 0 Å². The minimum Gasteiger partial charge on any atom is -0.340 e. The zero-order valence-corrected chi connectivity index (χ0v) is 28.2. The first-order valence-corrected chi connectivity index (χ1v) is 18.8. The lowest BCUT2D eigenvalue weighted by atomic mass is 10.1.